The average molecular weight is 247 g/mol. The molecule has 0 atom stereocenters. The molecule has 0 unspecified atom stereocenters. The fraction of sp³-hybridized carbons (Fsp3) is 0.154. The van der Waals surface area contributed by atoms with Gasteiger partial charge in [-0.15, -0.1) is 0 Å². The number of carbonyl (C=O) groups is 3. The number of esters is 1. The van der Waals surface area contributed by atoms with Gasteiger partial charge in [0.1, 0.15) is 0 Å². The van der Waals surface area contributed by atoms with Gasteiger partial charge in [0.15, 0.2) is 0 Å². The topological polar surface area (TPSA) is 72.5 Å². The zero-order chi connectivity index (χ0) is 13.4. The second-order valence-corrected chi connectivity index (χ2v) is 3.39. The predicted molar refractivity (Wildman–Crippen MR) is 64.5 cm³/mol. The Morgan fingerprint density at radius 3 is 2.44 bits per heavy atom. The van der Waals surface area contributed by atoms with E-state index in [0.29, 0.717) is 0 Å². The van der Waals surface area contributed by atoms with Crippen molar-refractivity contribution in [2.75, 3.05) is 7.11 Å². The number of nitrogens with one attached hydrogen (secondary N) is 1. The Labute approximate surface area is 104 Å². The van der Waals surface area contributed by atoms with Gasteiger partial charge in [0.25, 0.3) is 5.91 Å². The third-order valence-corrected chi connectivity index (χ3v) is 2.09. The molecule has 1 amide bonds. The lowest BCUT2D eigenvalue weighted by Crippen LogP contribution is -2.29. The lowest BCUT2D eigenvalue weighted by Gasteiger charge is -2.02. The molecule has 0 spiro atoms. The third kappa shape index (κ3) is 4.61. The highest BCUT2D eigenvalue weighted by Crippen LogP contribution is 1.97. The van der Waals surface area contributed by atoms with Crippen LogP contribution in [-0.2, 0) is 25.7 Å². The van der Waals surface area contributed by atoms with Crippen LogP contribution in [0.25, 0.3) is 0 Å². The van der Waals surface area contributed by atoms with E-state index in [1.54, 1.807) is 0 Å². The number of amides is 1. The maximum absolute atomic E-state index is 11.4. The van der Waals surface area contributed by atoms with E-state index in [4.69, 9.17) is 0 Å². The van der Waals surface area contributed by atoms with E-state index in [1.807, 2.05) is 30.3 Å². The van der Waals surface area contributed by atoms with E-state index in [0.717, 1.165) is 17.7 Å². The molecule has 0 fully saturated rings. The lowest BCUT2D eigenvalue weighted by molar-refractivity contribution is -0.136. The summed E-state index contributed by atoms with van der Waals surface area (Å²) in [6.45, 7) is 0.261. The molecular formula is C13H13NO4. The van der Waals surface area contributed by atoms with Crippen molar-refractivity contribution in [3.8, 4) is 0 Å². The number of hydrogen-bond acceptors (Lipinski definition) is 4. The van der Waals surface area contributed by atoms with Crippen molar-refractivity contribution < 1.29 is 19.1 Å². The molecule has 0 bridgehead atoms. The molecule has 1 rings (SSSR count). The number of rotatable bonds is 5. The van der Waals surface area contributed by atoms with Crippen molar-refractivity contribution >= 4 is 17.7 Å². The molecule has 5 nitrogen and oxygen atoms in total. The Balaban J connectivity index is 2.44. The highest BCUT2D eigenvalue weighted by atomic mass is 16.5. The quantitative estimate of drug-likeness (QED) is 0.470. The van der Waals surface area contributed by atoms with Crippen LogP contribution >= 0.6 is 0 Å². The molecule has 18 heavy (non-hydrogen) atoms. The molecule has 94 valence electrons. The molecule has 0 radical (unpaired) electrons. The SMILES string of the molecule is COC(=O)/C=C/C(=O)C(=O)NCc1ccccc1. The Kier molecular flexibility index (Phi) is 5.31. The van der Waals surface area contributed by atoms with E-state index >= 15 is 0 Å². The van der Waals surface area contributed by atoms with Crippen LogP contribution in [0.1, 0.15) is 5.56 Å². The first-order chi connectivity index (χ1) is 8.63. The Morgan fingerprint density at radius 1 is 1.17 bits per heavy atom. The second kappa shape index (κ2) is 7.01. The van der Waals surface area contributed by atoms with Crippen molar-refractivity contribution in [1.29, 1.82) is 0 Å². The summed E-state index contributed by atoms with van der Waals surface area (Å²) in [5.41, 5.74) is 0.885. The van der Waals surface area contributed by atoms with Crippen LogP contribution in [0.5, 0.6) is 0 Å². The van der Waals surface area contributed by atoms with Gasteiger partial charge >= 0.3 is 5.97 Å². The van der Waals surface area contributed by atoms with Crippen molar-refractivity contribution in [3.63, 3.8) is 0 Å². The van der Waals surface area contributed by atoms with E-state index in [1.165, 1.54) is 7.11 Å². The van der Waals surface area contributed by atoms with Crippen LogP contribution in [0.15, 0.2) is 42.5 Å². The molecule has 0 aliphatic carbocycles. The highest BCUT2D eigenvalue weighted by Gasteiger charge is 2.09. The number of methoxy groups -OCH3 is 1. The van der Waals surface area contributed by atoms with E-state index in [9.17, 15) is 14.4 Å². The summed E-state index contributed by atoms with van der Waals surface area (Å²) in [4.78, 5) is 33.4. The zero-order valence-electron chi connectivity index (χ0n) is 9.88. The largest absolute Gasteiger partial charge is 0.466 e. The van der Waals surface area contributed by atoms with Gasteiger partial charge in [0.05, 0.1) is 7.11 Å². The van der Waals surface area contributed by atoms with Crippen LogP contribution < -0.4 is 5.32 Å². The van der Waals surface area contributed by atoms with E-state index in [-0.39, 0.29) is 6.54 Å². The predicted octanol–water partition coefficient (Wildman–Crippen LogP) is 0.601. The number of ether oxygens (including phenoxy) is 1. The van der Waals surface area contributed by atoms with Gasteiger partial charge in [0, 0.05) is 12.6 Å². The van der Waals surface area contributed by atoms with Crippen LogP contribution in [0.3, 0.4) is 0 Å². The fourth-order valence-electron chi connectivity index (χ4n) is 1.15. The first kappa shape index (κ1) is 13.6. The molecule has 0 saturated carbocycles. The second-order valence-electron chi connectivity index (χ2n) is 3.39. The zero-order valence-corrected chi connectivity index (χ0v) is 9.88. The number of hydrogen-bond donors (Lipinski definition) is 1. The van der Waals surface area contributed by atoms with Gasteiger partial charge in [-0.1, -0.05) is 30.3 Å². The van der Waals surface area contributed by atoms with Crippen molar-refractivity contribution in [2.24, 2.45) is 0 Å². The summed E-state index contributed by atoms with van der Waals surface area (Å²) in [6.07, 6.45) is 1.79. The normalized spacial score (nSPS) is 10.1. The van der Waals surface area contributed by atoms with Gasteiger partial charge in [-0.05, 0) is 11.6 Å². The Morgan fingerprint density at radius 2 is 1.83 bits per heavy atom. The summed E-state index contributed by atoms with van der Waals surface area (Å²) in [5.74, 6) is -2.24. The standard InChI is InChI=1S/C13H13NO4/c1-18-12(16)8-7-11(15)13(17)14-9-10-5-3-2-4-6-10/h2-8H,9H2,1H3,(H,14,17)/b8-7+. The number of ketones is 1. The lowest BCUT2D eigenvalue weighted by atomic mass is 10.2. The Bertz CT molecular complexity index is 465. The summed E-state index contributed by atoms with van der Waals surface area (Å²) in [7, 11) is 1.19. The smallest absolute Gasteiger partial charge is 0.330 e. The highest BCUT2D eigenvalue weighted by molar-refractivity contribution is 6.41. The maximum Gasteiger partial charge on any atom is 0.330 e. The van der Waals surface area contributed by atoms with Crippen molar-refractivity contribution in [3.05, 3.63) is 48.0 Å². The summed E-state index contributed by atoms with van der Waals surface area (Å²) >= 11 is 0. The maximum atomic E-state index is 11.4. The minimum atomic E-state index is -0.795. The van der Waals surface area contributed by atoms with Crippen LogP contribution in [0.2, 0.25) is 0 Å². The molecule has 0 heterocycles. The molecule has 1 N–H and O–H groups in total. The van der Waals surface area contributed by atoms with Crippen LogP contribution in [0.4, 0.5) is 0 Å². The van der Waals surface area contributed by atoms with Gasteiger partial charge < -0.3 is 10.1 Å². The third-order valence-electron chi connectivity index (χ3n) is 2.09. The van der Waals surface area contributed by atoms with Crippen LogP contribution in [-0.4, -0.2) is 24.8 Å². The van der Waals surface area contributed by atoms with Gasteiger partial charge in [-0.25, -0.2) is 4.79 Å². The van der Waals surface area contributed by atoms with Gasteiger partial charge in [-0.3, -0.25) is 9.59 Å². The monoisotopic (exact) mass is 247 g/mol. The van der Waals surface area contributed by atoms with Crippen molar-refractivity contribution in [1.82, 2.24) is 5.32 Å². The molecule has 0 saturated heterocycles. The summed E-state index contributed by atoms with van der Waals surface area (Å²) in [5, 5.41) is 2.45. The molecule has 0 aliphatic rings. The van der Waals surface area contributed by atoms with Gasteiger partial charge in [0.2, 0.25) is 5.78 Å². The van der Waals surface area contributed by atoms with E-state index < -0.39 is 17.7 Å². The summed E-state index contributed by atoms with van der Waals surface area (Å²) in [6, 6.07) is 9.18. The molecule has 5 heteroatoms. The first-order valence-corrected chi connectivity index (χ1v) is 5.25. The minimum Gasteiger partial charge on any atom is -0.466 e. The molecule has 0 aromatic heterocycles. The first-order valence-electron chi connectivity index (χ1n) is 5.25. The van der Waals surface area contributed by atoms with Gasteiger partial charge in [-0.2, -0.15) is 0 Å². The minimum absolute atomic E-state index is 0.261. The summed E-state index contributed by atoms with van der Waals surface area (Å²) < 4.78 is 4.30. The number of benzene rings is 1. The molecule has 0 aliphatic heterocycles. The molecular weight excluding hydrogens is 234 g/mol. The van der Waals surface area contributed by atoms with Crippen molar-refractivity contribution in [2.45, 2.75) is 6.54 Å². The molecule has 1 aromatic rings. The average Bonchev–Trinajstić information content (AvgIpc) is 2.42. The molecule has 1 aromatic carbocycles. The van der Waals surface area contributed by atoms with E-state index in [2.05, 4.69) is 10.1 Å². The fourth-order valence-corrected chi connectivity index (χ4v) is 1.15. The number of carbonyl (C=O) groups excluding carboxylic acids is 3. The Hall–Kier alpha value is -2.43. The van der Waals surface area contributed by atoms with Crippen LogP contribution in [0, 0.1) is 0 Å².